The summed E-state index contributed by atoms with van der Waals surface area (Å²) in [5.74, 6) is -0.311. The lowest BCUT2D eigenvalue weighted by molar-refractivity contribution is -0.126. The SMILES string of the molecule is CC(N)(C(=O)NC1CNC(=O)C1)c1ccccc1. The Hall–Kier alpha value is -1.88. The summed E-state index contributed by atoms with van der Waals surface area (Å²) in [6.07, 6.45) is 0.316. The molecule has 18 heavy (non-hydrogen) atoms. The van der Waals surface area contributed by atoms with Crippen molar-refractivity contribution >= 4 is 11.8 Å². The van der Waals surface area contributed by atoms with Gasteiger partial charge in [0, 0.05) is 13.0 Å². The van der Waals surface area contributed by atoms with Crippen LogP contribution in [0.4, 0.5) is 0 Å². The number of nitrogens with one attached hydrogen (secondary N) is 2. The molecule has 1 aromatic rings. The average molecular weight is 247 g/mol. The molecular weight excluding hydrogens is 230 g/mol. The molecule has 1 heterocycles. The molecule has 0 radical (unpaired) electrons. The topological polar surface area (TPSA) is 84.2 Å². The summed E-state index contributed by atoms with van der Waals surface area (Å²) < 4.78 is 0. The third-order valence-electron chi connectivity index (χ3n) is 3.16. The summed E-state index contributed by atoms with van der Waals surface area (Å²) in [5, 5.41) is 5.47. The molecule has 1 saturated heterocycles. The Labute approximate surface area is 106 Å². The Morgan fingerprint density at radius 3 is 2.67 bits per heavy atom. The molecule has 1 aromatic carbocycles. The predicted octanol–water partition coefficient (Wildman–Crippen LogP) is -0.135. The number of nitrogens with two attached hydrogens (primary N) is 1. The van der Waals surface area contributed by atoms with Crippen LogP contribution in [0.1, 0.15) is 18.9 Å². The van der Waals surface area contributed by atoms with Crippen LogP contribution in [0.15, 0.2) is 30.3 Å². The van der Waals surface area contributed by atoms with E-state index in [1.165, 1.54) is 0 Å². The first-order chi connectivity index (χ1) is 8.50. The lowest BCUT2D eigenvalue weighted by Gasteiger charge is -2.25. The molecule has 4 N–H and O–H groups in total. The Morgan fingerprint density at radius 2 is 2.11 bits per heavy atom. The second kappa shape index (κ2) is 4.78. The van der Waals surface area contributed by atoms with Crippen molar-refractivity contribution in [1.82, 2.24) is 10.6 Å². The van der Waals surface area contributed by atoms with Gasteiger partial charge in [0.25, 0.3) is 0 Å². The number of amides is 2. The molecular formula is C13H17N3O2. The maximum Gasteiger partial charge on any atom is 0.244 e. The highest BCUT2D eigenvalue weighted by Crippen LogP contribution is 2.18. The van der Waals surface area contributed by atoms with E-state index in [-0.39, 0.29) is 17.9 Å². The quantitative estimate of drug-likeness (QED) is 0.695. The van der Waals surface area contributed by atoms with Crippen molar-refractivity contribution < 1.29 is 9.59 Å². The van der Waals surface area contributed by atoms with Crippen molar-refractivity contribution in [2.24, 2.45) is 5.73 Å². The van der Waals surface area contributed by atoms with Crippen LogP contribution >= 0.6 is 0 Å². The summed E-state index contributed by atoms with van der Waals surface area (Å²) in [4.78, 5) is 23.2. The number of benzene rings is 1. The maximum absolute atomic E-state index is 12.2. The molecule has 5 heteroatoms. The van der Waals surface area contributed by atoms with Gasteiger partial charge < -0.3 is 16.4 Å². The summed E-state index contributed by atoms with van der Waals surface area (Å²) >= 11 is 0. The minimum absolute atomic E-state index is 0.0428. The van der Waals surface area contributed by atoms with Crippen LogP contribution < -0.4 is 16.4 Å². The first-order valence-electron chi connectivity index (χ1n) is 5.92. The molecule has 0 spiro atoms. The highest BCUT2D eigenvalue weighted by molar-refractivity contribution is 5.88. The Kier molecular flexibility index (Phi) is 3.34. The van der Waals surface area contributed by atoms with Crippen LogP contribution in [0.25, 0.3) is 0 Å². The van der Waals surface area contributed by atoms with Crippen LogP contribution in [-0.2, 0) is 15.1 Å². The van der Waals surface area contributed by atoms with Crippen molar-refractivity contribution in [2.45, 2.75) is 24.9 Å². The third kappa shape index (κ3) is 2.51. The van der Waals surface area contributed by atoms with Crippen molar-refractivity contribution in [2.75, 3.05) is 6.54 Å². The van der Waals surface area contributed by atoms with Gasteiger partial charge in [-0.3, -0.25) is 9.59 Å². The largest absolute Gasteiger partial charge is 0.354 e. The van der Waals surface area contributed by atoms with E-state index >= 15 is 0 Å². The third-order valence-corrected chi connectivity index (χ3v) is 3.16. The Balaban J connectivity index is 2.06. The minimum atomic E-state index is -1.09. The van der Waals surface area contributed by atoms with Crippen LogP contribution in [-0.4, -0.2) is 24.4 Å². The highest BCUT2D eigenvalue weighted by Gasteiger charge is 2.33. The van der Waals surface area contributed by atoms with E-state index in [1.807, 2.05) is 30.3 Å². The molecule has 2 rings (SSSR count). The van der Waals surface area contributed by atoms with Gasteiger partial charge in [0.1, 0.15) is 5.54 Å². The predicted molar refractivity (Wildman–Crippen MR) is 67.5 cm³/mol. The van der Waals surface area contributed by atoms with Crippen molar-refractivity contribution in [3.05, 3.63) is 35.9 Å². The number of hydrogen-bond donors (Lipinski definition) is 3. The van der Waals surface area contributed by atoms with E-state index in [4.69, 9.17) is 5.73 Å². The lowest BCUT2D eigenvalue weighted by Crippen LogP contribution is -2.52. The van der Waals surface area contributed by atoms with Gasteiger partial charge in [-0.15, -0.1) is 0 Å². The molecule has 96 valence electrons. The molecule has 1 aliphatic heterocycles. The number of carbonyl (C=O) groups excluding carboxylic acids is 2. The van der Waals surface area contributed by atoms with Gasteiger partial charge >= 0.3 is 0 Å². The summed E-state index contributed by atoms with van der Waals surface area (Å²) in [6, 6.07) is 9.02. The van der Waals surface area contributed by atoms with Crippen LogP contribution in [0.3, 0.4) is 0 Å². The van der Waals surface area contributed by atoms with Crippen LogP contribution in [0.5, 0.6) is 0 Å². The van der Waals surface area contributed by atoms with Gasteiger partial charge in [0.2, 0.25) is 11.8 Å². The van der Waals surface area contributed by atoms with E-state index in [2.05, 4.69) is 10.6 Å². The molecule has 0 bridgehead atoms. The zero-order valence-corrected chi connectivity index (χ0v) is 10.3. The van der Waals surface area contributed by atoms with Crippen molar-refractivity contribution in [3.63, 3.8) is 0 Å². The number of carbonyl (C=O) groups is 2. The fourth-order valence-corrected chi connectivity index (χ4v) is 1.96. The van der Waals surface area contributed by atoms with Gasteiger partial charge in [-0.25, -0.2) is 0 Å². The molecule has 2 amide bonds. The Morgan fingerprint density at radius 1 is 1.44 bits per heavy atom. The highest BCUT2D eigenvalue weighted by atomic mass is 16.2. The van der Waals surface area contributed by atoms with E-state index in [1.54, 1.807) is 6.92 Å². The second-order valence-electron chi connectivity index (χ2n) is 4.75. The number of hydrogen-bond acceptors (Lipinski definition) is 3. The van der Waals surface area contributed by atoms with Gasteiger partial charge in [-0.2, -0.15) is 0 Å². The normalized spacial score (nSPS) is 22.1. The molecule has 5 nitrogen and oxygen atoms in total. The van der Waals surface area contributed by atoms with Crippen LogP contribution in [0.2, 0.25) is 0 Å². The average Bonchev–Trinajstić information content (AvgIpc) is 2.76. The zero-order valence-electron chi connectivity index (χ0n) is 10.3. The Bertz CT molecular complexity index is 457. The summed E-state index contributed by atoms with van der Waals surface area (Å²) in [7, 11) is 0. The van der Waals surface area contributed by atoms with Crippen molar-refractivity contribution in [1.29, 1.82) is 0 Å². The maximum atomic E-state index is 12.2. The van der Waals surface area contributed by atoms with Gasteiger partial charge in [-0.05, 0) is 12.5 Å². The van der Waals surface area contributed by atoms with E-state index in [0.717, 1.165) is 5.56 Å². The summed E-state index contributed by atoms with van der Waals surface area (Å²) in [5.41, 5.74) is 5.74. The van der Waals surface area contributed by atoms with Crippen molar-refractivity contribution in [3.8, 4) is 0 Å². The van der Waals surface area contributed by atoms with E-state index in [9.17, 15) is 9.59 Å². The first-order valence-corrected chi connectivity index (χ1v) is 5.92. The number of rotatable bonds is 3. The summed E-state index contributed by atoms with van der Waals surface area (Å²) in [6.45, 7) is 2.14. The van der Waals surface area contributed by atoms with E-state index in [0.29, 0.717) is 13.0 Å². The lowest BCUT2D eigenvalue weighted by atomic mass is 9.92. The monoisotopic (exact) mass is 247 g/mol. The molecule has 0 aromatic heterocycles. The molecule has 1 aliphatic rings. The molecule has 2 atom stereocenters. The van der Waals surface area contributed by atoms with Gasteiger partial charge in [0.15, 0.2) is 0 Å². The van der Waals surface area contributed by atoms with Gasteiger partial charge in [0.05, 0.1) is 6.04 Å². The standard InChI is InChI=1S/C13H17N3O2/c1-13(14,9-5-3-2-4-6-9)12(18)16-10-7-11(17)15-8-10/h2-6,10H,7-8,14H2,1H3,(H,15,17)(H,16,18). The molecule has 0 saturated carbocycles. The second-order valence-corrected chi connectivity index (χ2v) is 4.75. The minimum Gasteiger partial charge on any atom is -0.354 e. The molecule has 1 fully saturated rings. The smallest absolute Gasteiger partial charge is 0.244 e. The zero-order chi connectivity index (χ0) is 13.2. The van der Waals surface area contributed by atoms with Crippen LogP contribution in [0, 0.1) is 0 Å². The van der Waals surface area contributed by atoms with Gasteiger partial charge in [-0.1, -0.05) is 30.3 Å². The first kappa shape index (κ1) is 12.6. The molecule has 0 aliphatic carbocycles. The molecule has 2 unspecified atom stereocenters. The fourth-order valence-electron chi connectivity index (χ4n) is 1.96. The fraction of sp³-hybridized carbons (Fsp3) is 0.385. The van der Waals surface area contributed by atoms with E-state index < -0.39 is 5.54 Å².